The van der Waals surface area contributed by atoms with Crippen molar-refractivity contribution in [1.82, 2.24) is 14.7 Å². The molecule has 2 aliphatic heterocycles. The fourth-order valence-corrected chi connectivity index (χ4v) is 5.68. The average Bonchev–Trinajstić information content (AvgIpc) is 3.08. The molecule has 0 N–H and O–H groups in total. The number of carbonyl (C=O) groups excluding carboxylic acids is 1. The van der Waals surface area contributed by atoms with Crippen molar-refractivity contribution in [3.05, 3.63) is 34.5 Å². The third-order valence-electron chi connectivity index (χ3n) is 5.96. The molecule has 0 aliphatic carbocycles. The summed E-state index contributed by atoms with van der Waals surface area (Å²) in [5, 5.41) is 0.529. The van der Waals surface area contributed by atoms with Crippen LogP contribution in [0.1, 0.15) is 28.1 Å². The average molecular weight is 406 g/mol. The predicted molar refractivity (Wildman–Crippen MR) is 110 cm³/mol. The van der Waals surface area contributed by atoms with Crippen LogP contribution in [0.15, 0.2) is 18.2 Å². The van der Waals surface area contributed by atoms with Crippen LogP contribution in [0.4, 0.5) is 4.39 Å². The van der Waals surface area contributed by atoms with Crippen LogP contribution in [-0.2, 0) is 11.3 Å². The van der Waals surface area contributed by atoms with Gasteiger partial charge in [-0.05, 0) is 38.6 Å². The quantitative estimate of drug-likeness (QED) is 0.783. The predicted octanol–water partition coefficient (Wildman–Crippen LogP) is 3.04. The van der Waals surface area contributed by atoms with Crippen LogP contribution in [0, 0.1) is 5.82 Å². The number of amides is 1. The number of likely N-dealkylation sites (tertiary alicyclic amines) is 1. The summed E-state index contributed by atoms with van der Waals surface area (Å²) in [7, 11) is 3.77. The Kier molecular flexibility index (Phi) is 5.96. The zero-order chi connectivity index (χ0) is 19.7. The molecule has 28 heavy (non-hydrogen) atoms. The number of ether oxygens (including phenoxy) is 1. The van der Waals surface area contributed by atoms with E-state index in [1.165, 1.54) is 36.8 Å². The van der Waals surface area contributed by atoms with Crippen molar-refractivity contribution in [1.29, 1.82) is 0 Å². The van der Waals surface area contributed by atoms with Crippen LogP contribution < -0.4 is 0 Å². The zero-order valence-corrected chi connectivity index (χ0v) is 17.4. The van der Waals surface area contributed by atoms with Gasteiger partial charge in [-0.2, -0.15) is 0 Å². The lowest BCUT2D eigenvalue weighted by Crippen LogP contribution is -2.55. The Balaban J connectivity index is 1.50. The summed E-state index contributed by atoms with van der Waals surface area (Å²) in [6.45, 7) is 5.80. The summed E-state index contributed by atoms with van der Waals surface area (Å²) in [4.78, 5) is 20.7. The third kappa shape index (κ3) is 3.81. The Bertz CT molecular complexity index is 848. The van der Waals surface area contributed by atoms with Gasteiger partial charge in [0.1, 0.15) is 5.82 Å². The first kappa shape index (κ1) is 19.8. The number of hydrogen-bond acceptors (Lipinski definition) is 5. The highest BCUT2D eigenvalue weighted by Crippen LogP contribution is 2.34. The van der Waals surface area contributed by atoms with E-state index in [9.17, 15) is 9.18 Å². The number of likely N-dealkylation sites (N-methyl/N-ethyl adjacent to an activating group) is 1. The largest absolute Gasteiger partial charge is 0.380 e. The Morgan fingerprint density at radius 1 is 1.25 bits per heavy atom. The topological polar surface area (TPSA) is 36.0 Å². The van der Waals surface area contributed by atoms with Crippen molar-refractivity contribution in [3.8, 4) is 0 Å². The van der Waals surface area contributed by atoms with E-state index in [0.29, 0.717) is 21.9 Å². The SMILES string of the molecule is COCc1c(C(=O)N2CCN(C3CCCN(C)C3)CC2)sc2cccc(F)c12. The summed E-state index contributed by atoms with van der Waals surface area (Å²) in [5.41, 5.74) is 0.682. The molecule has 5 nitrogen and oxygen atoms in total. The highest BCUT2D eigenvalue weighted by atomic mass is 32.1. The number of hydrogen-bond donors (Lipinski definition) is 0. The van der Waals surface area contributed by atoms with Crippen molar-refractivity contribution in [3.63, 3.8) is 0 Å². The number of benzene rings is 1. The van der Waals surface area contributed by atoms with E-state index < -0.39 is 0 Å². The van der Waals surface area contributed by atoms with E-state index in [2.05, 4.69) is 16.8 Å². The van der Waals surface area contributed by atoms with Gasteiger partial charge in [0.2, 0.25) is 0 Å². The lowest BCUT2D eigenvalue weighted by molar-refractivity contribution is 0.0453. The molecule has 152 valence electrons. The van der Waals surface area contributed by atoms with Crippen LogP contribution in [0.5, 0.6) is 0 Å². The highest BCUT2D eigenvalue weighted by Gasteiger charge is 2.30. The van der Waals surface area contributed by atoms with E-state index in [1.54, 1.807) is 13.2 Å². The number of nitrogens with zero attached hydrogens (tertiary/aromatic N) is 3. The Morgan fingerprint density at radius 3 is 2.75 bits per heavy atom. The van der Waals surface area contributed by atoms with Crippen LogP contribution in [0.2, 0.25) is 0 Å². The minimum Gasteiger partial charge on any atom is -0.380 e. The van der Waals surface area contributed by atoms with E-state index in [4.69, 9.17) is 4.74 Å². The Morgan fingerprint density at radius 2 is 2.04 bits per heavy atom. The summed E-state index contributed by atoms with van der Waals surface area (Å²) < 4.78 is 20.5. The van der Waals surface area contributed by atoms with Gasteiger partial charge in [0.05, 0.1) is 11.5 Å². The fraction of sp³-hybridized carbons (Fsp3) is 0.571. The summed E-state index contributed by atoms with van der Waals surface area (Å²) >= 11 is 1.38. The van der Waals surface area contributed by atoms with Crippen molar-refractivity contribution in [2.45, 2.75) is 25.5 Å². The molecule has 0 bridgehead atoms. The number of piperazine rings is 1. The number of methoxy groups -OCH3 is 1. The van der Waals surface area contributed by atoms with Crippen molar-refractivity contribution in [2.24, 2.45) is 0 Å². The van der Waals surface area contributed by atoms with Gasteiger partial charge in [-0.25, -0.2) is 4.39 Å². The summed E-state index contributed by atoms with van der Waals surface area (Å²) in [6.07, 6.45) is 2.49. The summed E-state index contributed by atoms with van der Waals surface area (Å²) in [6, 6.07) is 5.61. The molecule has 2 saturated heterocycles. The van der Waals surface area contributed by atoms with Crippen molar-refractivity contribution >= 4 is 27.3 Å². The molecule has 0 spiro atoms. The molecule has 1 aromatic carbocycles. The number of thiophene rings is 1. The molecule has 7 heteroatoms. The molecule has 1 unspecified atom stereocenters. The van der Waals surface area contributed by atoms with Gasteiger partial charge in [-0.1, -0.05) is 6.07 Å². The first-order valence-electron chi connectivity index (χ1n) is 9.99. The molecule has 1 amide bonds. The summed E-state index contributed by atoms with van der Waals surface area (Å²) in [5.74, 6) is -0.279. The second kappa shape index (κ2) is 8.45. The number of piperidine rings is 1. The molecule has 0 radical (unpaired) electrons. The van der Waals surface area contributed by atoms with Gasteiger partial charge in [0.25, 0.3) is 5.91 Å². The van der Waals surface area contributed by atoms with E-state index in [0.717, 1.165) is 37.4 Å². The standard InChI is InChI=1S/C21H28FN3O2S/c1-23-8-4-5-15(13-23)24-9-11-25(12-10-24)21(26)20-16(14-27-2)19-17(22)6-3-7-18(19)28-20/h3,6-7,15H,4-5,8-14H2,1-2H3. The molecule has 1 atom stereocenters. The lowest BCUT2D eigenvalue weighted by Gasteiger charge is -2.42. The minimum absolute atomic E-state index is 0.00747. The van der Waals surface area contributed by atoms with Gasteiger partial charge in [0, 0.05) is 61.5 Å². The minimum atomic E-state index is -0.286. The molecule has 2 aliphatic rings. The maximum Gasteiger partial charge on any atom is 0.264 e. The van der Waals surface area contributed by atoms with Gasteiger partial charge < -0.3 is 14.5 Å². The van der Waals surface area contributed by atoms with Gasteiger partial charge in [-0.3, -0.25) is 9.69 Å². The smallest absolute Gasteiger partial charge is 0.264 e. The molecule has 4 rings (SSSR count). The molecule has 0 saturated carbocycles. The lowest BCUT2D eigenvalue weighted by atomic mass is 10.0. The van der Waals surface area contributed by atoms with E-state index in [1.807, 2.05) is 11.0 Å². The molecule has 2 fully saturated rings. The number of fused-ring (bicyclic) bond motifs is 1. The van der Waals surface area contributed by atoms with Crippen LogP contribution in [0.3, 0.4) is 0 Å². The normalized spacial score (nSPS) is 22.1. The number of rotatable bonds is 4. The van der Waals surface area contributed by atoms with Gasteiger partial charge in [-0.15, -0.1) is 11.3 Å². The number of halogens is 1. The zero-order valence-electron chi connectivity index (χ0n) is 16.6. The van der Waals surface area contributed by atoms with Crippen LogP contribution >= 0.6 is 11.3 Å². The molecule has 3 heterocycles. The molecule has 1 aromatic heterocycles. The first-order valence-corrected chi connectivity index (χ1v) is 10.8. The second-order valence-corrected chi connectivity index (χ2v) is 8.89. The van der Waals surface area contributed by atoms with E-state index in [-0.39, 0.29) is 18.3 Å². The maximum absolute atomic E-state index is 14.4. The second-order valence-electron chi connectivity index (χ2n) is 7.84. The van der Waals surface area contributed by atoms with Gasteiger partial charge in [0.15, 0.2) is 0 Å². The Hall–Kier alpha value is -1.54. The van der Waals surface area contributed by atoms with Crippen molar-refractivity contribution < 1.29 is 13.9 Å². The first-order chi connectivity index (χ1) is 13.6. The fourth-order valence-electron chi connectivity index (χ4n) is 4.49. The monoisotopic (exact) mass is 405 g/mol. The van der Waals surface area contributed by atoms with Crippen LogP contribution in [-0.4, -0.2) is 80.1 Å². The Labute approximate surface area is 169 Å². The number of carbonyl (C=O) groups is 1. The third-order valence-corrected chi connectivity index (χ3v) is 7.15. The van der Waals surface area contributed by atoms with E-state index >= 15 is 0 Å². The van der Waals surface area contributed by atoms with Gasteiger partial charge >= 0.3 is 0 Å². The molecule has 2 aromatic rings. The molecular weight excluding hydrogens is 377 g/mol. The van der Waals surface area contributed by atoms with Crippen molar-refractivity contribution in [2.75, 3.05) is 53.4 Å². The molecular formula is C21H28FN3O2S. The maximum atomic E-state index is 14.4. The highest BCUT2D eigenvalue weighted by molar-refractivity contribution is 7.21. The van der Waals surface area contributed by atoms with Crippen LogP contribution in [0.25, 0.3) is 10.1 Å².